The van der Waals surface area contributed by atoms with Gasteiger partial charge >= 0.3 is 0 Å². The van der Waals surface area contributed by atoms with Gasteiger partial charge in [0.15, 0.2) is 5.96 Å². The molecule has 1 aliphatic heterocycles. The van der Waals surface area contributed by atoms with Crippen LogP contribution in [0.1, 0.15) is 37.3 Å². The maximum Gasteiger partial charge on any atom is 0.191 e. The largest absolute Gasteiger partial charge is 0.357 e. The minimum atomic E-state index is 0. The van der Waals surface area contributed by atoms with Crippen LogP contribution in [0.2, 0.25) is 0 Å². The Labute approximate surface area is 163 Å². The Morgan fingerprint density at radius 1 is 1.17 bits per heavy atom. The van der Waals surface area contributed by atoms with Crippen LogP contribution in [-0.2, 0) is 6.54 Å². The predicted molar refractivity (Wildman–Crippen MR) is 112 cm³/mol. The van der Waals surface area contributed by atoms with Gasteiger partial charge in [-0.15, -0.1) is 24.0 Å². The number of nitrogens with zero attached hydrogens (tertiary/aromatic N) is 2. The summed E-state index contributed by atoms with van der Waals surface area (Å²) in [6.45, 7) is 9.44. The lowest BCUT2D eigenvalue weighted by Gasteiger charge is -2.17. The van der Waals surface area contributed by atoms with Crippen molar-refractivity contribution in [2.24, 2.45) is 10.9 Å². The number of aliphatic imine (C=N–C) groups is 1. The van der Waals surface area contributed by atoms with E-state index in [1.54, 1.807) is 0 Å². The van der Waals surface area contributed by atoms with Gasteiger partial charge in [-0.25, -0.2) is 4.99 Å². The first-order valence-electron chi connectivity index (χ1n) is 9.06. The molecule has 134 valence electrons. The van der Waals surface area contributed by atoms with E-state index in [4.69, 9.17) is 4.99 Å². The zero-order valence-electron chi connectivity index (χ0n) is 14.9. The van der Waals surface area contributed by atoms with Crippen LogP contribution in [0.4, 0.5) is 0 Å². The predicted octanol–water partition coefficient (Wildman–Crippen LogP) is 3.15. The van der Waals surface area contributed by atoms with E-state index in [1.807, 2.05) is 0 Å². The fraction of sp³-hybridized carbons (Fsp3) is 0.632. The van der Waals surface area contributed by atoms with Gasteiger partial charge in [0.2, 0.25) is 0 Å². The van der Waals surface area contributed by atoms with Crippen molar-refractivity contribution in [2.75, 3.05) is 26.2 Å². The quantitative estimate of drug-likeness (QED) is 0.404. The smallest absolute Gasteiger partial charge is 0.191 e. The number of rotatable bonds is 6. The Morgan fingerprint density at radius 3 is 2.58 bits per heavy atom. The molecule has 0 amide bonds. The van der Waals surface area contributed by atoms with Crippen molar-refractivity contribution in [1.29, 1.82) is 0 Å². The van der Waals surface area contributed by atoms with Crippen molar-refractivity contribution >= 4 is 29.9 Å². The number of nitrogens with one attached hydrogen (secondary N) is 2. The van der Waals surface area contributed by atoms with E-state index in [0.29, 0.717) is 0 Å². The van der Waals surface area contributed by atoms with Crippen molar-refractivity contribution in [3.05, 3.63) is 35.4 Å². The zero-order chi connectivity index (χ0) is 16.1. The fourth-order valence-electron chi connectivity index (χ4n) is 3.25. The molecule has 5 heteroatoms. The van der Waals surface area contributed by atoms with Crippen LogP contribution in [-0.4, -0.2) is 43.1 Å². The number of aryl methyl sites for hydroxylation is 1. The molecule has 1 saturated carbocycles. The molecule has 1 aromatic carbocycles. The number of likely N-dealkylation sites (tertiary alicyclic amines) is 1. The van der Waals surface area contributed by atoms with Gasteiger partial charge < -0.3 is 15.5 Å². The van der Waals surface area contributed by atoms with Crippen molar-refractivity contribution in [2.45, 2.75) is 45.7 Å². The first-order chi connectivity index (χ1) is 11.2. The van der Waals surface area contributed by atoms with Gasteiger partial charge in [-0.05, 0) is 51.1 Å². The standard InChI is InChI=1S/C19H30N4.HI/c1-3-20-19(21-12-16-6-4-15(2)5-7-16)22-13-17-10-11-23(14-17)18-8-9-18;/h4-7,17-18H,3,8-14H2,1-2H3,(H2,20,21,22);1H. The summed E-state index contributed by atoms with van der Waals surface area (Å²) in [6.07, 6.45) is 4.16. The molecular weight excluding hydrogens is 411 g/mol. The second kappa shape index (κ2) is 9.61. The molecule has 24 heavy (non-hydrogen) atoms. The zero-order valence-corrected chi connectivity index (χ0v) is 17.3. The normalized spacial score (nSPS) is 21.4. The highest BCUT2D eigenvalue weighted by Crippen LogP contribution is 2.31. The van der Waals surface area contributed by atoms with Crippen LogP contribution >= 0.6 is 24.0 Å². The first-order valence-corrected chi connectivity index (χ1v) is 9.06. The highest BCUT2D eigenvalue weighted by Gasteiger charge is 2.34. The van der Waals surface area contributed by atoms with E-state index in [0.717, 1.165) is 37.6 Å². The molecule has 1 aromatic rings. The summed E-state index contributed by atoms with van der Waals surface area (Å²) in [7, 11) is 0. The molecular formula is C19H31IN4. The van der Waals surface area contributed by atoms with Crippen LogP contribution < -0.4 is 10.6 Å². The van der Waals surface area contributed by atoms with Gasteiger partial charge in [0.05, 0.1) is 6.54 Å². The summed E-state index contributed by atoms with van der Waals surface area (Å²) in [6, 6.07) is 9.52. The Bertz CT molecular complexity index is 525. The van der Waals surface area contributed by atoms with E-state index >= 15 is 0 Å². The van der Waals surface area contributed by atoms with E-state index in [9.17, 15) is 0 Å². The summed E-state index contributed by atoms with van der Waals surface area (Å²) < 4.78 is 0. The summed E-state index contributed by atoms with van der Waals surface area (Å²) in [5.41, 5.74) is 2.55. The van der Waals surface area contributed by atoms with E-state index in [-0.39, 0.29) is 24.0 Å². The summed E-state index contributed by atoms with van der Waals surface area (Å²) >= 11 is 0. The molecule has 1 aliphatic carbocycles. The molecule has 2 N–H and O–H groups in total. The molecule has 0 radical (unpaired) electrons. The Morgan fingerprint density at radius 2 is 1.92 bits per heavy atom. The molecule has 4 nitrogen and oxygen atoms in total. The second-order valence-electron chi connectivity index (χ2n) is 6.94. The van der Waals surface area contributed by atoms with E-state index < -0.39 is 0 Å². The first kappa shape index (κ1) is 19.5. The average Bonchev–Trinajstić information content (AvgIpc) is 3.30. The molecule has 0 aromatic heterocycles. The summed E-state index contributed by atoms with van der Waals surface area (Å²) in [5.74, 6) is 1.71. The summed E-state index contributed by atoms with van der Waals surface area (Å²) in [4.78, 5) is 7.39. The SMILES string of the molecule is CCNC(=NCc1ccc(C)cc1)NCC1CCN(C2CC2)C1.I. The van der Waals surface area contributed by atoms with E-state index in [2.05, 4.69) is 53.6 Å². The highest BCUT2D eigenvalue weighted by molar-refractivity contribution is 14.0. The van der Waals surface area contributed by atoms with Crippen LogP contribution in [0.25, 0.3) is 0 Å². The van der Waals surface area contributed by atoms with Gasteiger partial charge in [0, 0.05) is 25.7 Å². The van der Waals surface area contributed by atoms with Crippen molar-refractivity contribution in [3.63, 3.8) is 0 Å². The number of hydrogen-bond acceptors (Lipinski definition) is 2. The molecule has 2 aliphatic rings. The summed E-state index contributed by atoms with van der Waals surface area (Å²) in [5, 5.41) is 6.90. The molecule has 2 fully saturated rings. The number of benzene rings is 1. The second-order valence-corrected chi connectivity index (χ2v) is 6.94. The monoisotopic (exact) mass is 442 g/mol. The Balaban J connectivity index is 0.00000208. The number of guanidine groups is 1. The molecule has 1 unspecified atom stereocenters. The minimum Gasteiger partial charge on any atom is -0.357 e. The molecule has 1 atom stereocenters. The minimum absolute atomic E-state index is 0. The number of hydrogen-bond donors (Lipinski definition) is 2. The lowest BCUT2D eigenvalue weighted by atomic mass is 10.1. The van der Waals surface area contributed by atoms with Crippen LogP contribution in [0.15, 0.2) is 29.3 Å². The molecule has 3 rings (SSSR count). The molecule has 1 heterocycles. The van der Waals surface area contributed by atoms with Gasteiger partial charge in [-0.3, -0.25) is 0 Å². The van der Waals surface area contributed by atoms with Gasteiger partial charge in [0.25, 0.3) is 0 Å². The van der Waals surface area contributed by atoms with Crippen molar-refractivity contribution < 1.29 is 0 Å². The van der Waals surface area contributed by atoms with E-state index in [1.165, 1.54) is 43.5 Å². The number of halogens is 1. The van der Waals surface area contributed by atoms with Gasteiger partial charge in [-0.2, -0.15) is 0 Å². The highest BCUT2D eigenvalue weighted by atomic mass is 127. The van der Waals surface area contributed by atoms with Crippen LogP contribution in [0.3, 0.4) is 0 Å². The Hall–Kier alpha value is -0.820. The third-order valence-corrected chi connectivity index (χ3v) is 4.82. The third-order valence-electron chi connectivity index (χ3n) is 4.82. The molecule has 1 saturated heterocycles. The topological polar surface area (TPSA) is 39.7 Å². The van der Waals surface area contributed by atoms with Crippen LogP contribution in [0, 0.1) is 12.8 Å². The third kappa shape index (κ3) is 5.92. The van der Waals surface area contributed by atoms with Crippen molar-refractivity contribution in [3.8, 4) is 0 Å². The van der Waals surface area contributed by atoms with Gasteiger partial charge in [0.1, 0.15) is 0 Å². The maximum atomic E-state index is 4.72. The Kier molecular flexibility index (Phi) is 7.81. The maximum absolute atomic E-state index is 4.72. The average molecular weight is 442 g/mol. The van der Waals surface area contributed by atoms with Crippen LogP contribution in [0.5, 0.6) is 0 Å². The van der Waals surface area contributed by atoms with Gasteiger partial charge in [-0.1, -0.05) is 29.8 Å². The molecule has 0 spiro atoms. The lowest BCUT2D eigenvalue weighted by molar-refractivity contribution is 0.314. The molecule has 0 bridgehead atoms. The van der Waals surface area contributed by atoms with Crippen molar-refractivity contribution in [1.82, 2.24) is 15.5 Å². The lowest BCUT2D eigenvalue weighted by Crippen LogP contribution is -2.40. The fourth-order valence-corrected chi connectivity index (χ4v) is 3.25.